The number of aryl methyl sites for hydroxylation is 1. The molecule has 0 saturated carbocycles. The Morgan fingerprint density at radius 3 is 3.00 bits per heavy atom. The number of anilines is 1. The summed E-state index contributed by atoms with van der Waals surface area (Å²) in [7, 11) is 2.01. The van der Waals surface area contributed by atoms with Crippen LogP contribution < -0.4 is 5.32 Å². The second-order valence-electron chi connectivity index (χ2n) is 4.09. The van der Waals surface area contributed by atoms with Gasteiger partial charge in [-0.1, -0.05) is 12.1 Å². The molecule has 0 atom stereocenters. The number of rotatable bonds is 4. The third-order valence-corrected chi connectivity index (χ3v) is 2.90. The Morgan fingerprint density at radius 1 is 1.33 bits per heavy atom. The normalized spacial score (nSPS) is 10.9. The van der Waals surface area contributed by atoms with Crippen LogP contribution in [0.1, 0.15) is 5.82 Å². The number of nitrogens with one attached hydrogen (secondary N) is 2. The predicted octanol–water partition coefficient (Wildman–Crippen LogP) is 1.35. The number of hydrogen-bond donors (Lipinski definition) is 2. The first-order valence-corrected chi connectivity index (χ1v) is 5.84. The minimum absolute atomic E-state index is 0.770. The quantitative estimate of drug-likeness (QED) is 0.724. The topological polar surface area (TPSA) is 71.4 Å². The maximum absolute atomic E-state index is 4.54. The summed E-state index contributed by atoms with van der Waals surface area (Å²) < 4.78 is 2.05. The zero-order valence-corrected chi connectivity index (χ0v) is 10.1. The van der Waals surface area contributed by atoms with Gasteiger partial charge in [-0.3, -0.25) is 5.10 Å². The number of H-pyrrole nitrogens is 1. The number of benzene rings is 1. The second-order valence-corrected chi connectivity index (χ2v) is 4.09. The summed E-state index contributed by atoms with van der Waals surface area (Å²) in [5.41, 5.74) is 2.13. The standard InChI is InChI=1S/C12H14N6/c1-18-10-5-3-2-4-9(10)16-12(18)13-7-6-11-14-8-15-17-11/h2-5,8H,6-7H2,1H3,(H,13,16)(H,14,15,17). The lowest BCUT2D eigenvalue weighted by Crippen LogP contribution is -2.09. The van der Waals surface area contributed by atoms with Crippen LogP contribution in [0.3, 0.4) is 0 Å². The molecule has 3 aromatic rings. The van der Waals surface area contributed by atoms with Crippen molar-refractivity contribution in [2.24, 2.45) is 7.05 Å². The molecule has 18 heavy (non-hydrogen) atoms. The van der Waals surface area contributed by atoms with Gasteiger partial charge in [0.1, 0.15) is 12.2 Å². The number of imidazole rings is 1. The molecule has 0 fully saturated rings. The molecule has 2 aromatic heterocycles. The molecule has 0 spiro atoms. The number of hydrogen-bond acceptors (Lipinski definition) is 4. The van der Waals surface area contributed by atoms with Crippen LogP contribution in [-0.4, -0.2) is 31.3 Å². The van der Waals surface area contributed by atoms with Crippen molar-refractivity contribution in [3.8, 4) is 0 Å². The largest absolute Gasteiger partial charge is 0.355 e. The Kier molecular flexibility index (Phi) is 2.68. The SMILES string of the molecule is Cn1c(NCCc2ncn[nH]2)nc2ccccc21. The van der Waals surface area contributed by atoms with E-state index in [0.29, 0.717) is 0 Å². The van der Waals surface area contributed by atoms with E-state index in [2.05, 4.69) is 36.1 Å². The summed E-state index contributed by atoms with van der Waals surface area (Å²) in [5, 5.41) is 9.96. The molecule has 0 bridgehead atoms. The number of aromatic nitrogens is 5. The van der Waals surface area contributed by atoms with Gasteiger partial charge in [-0.25, -0.2) is 9.97 Å². The zero-order chi connectivity index (χ0) is 12.4. The Hall–Kier alpha value is -2.37. The van der Waals surface area contributed by atoms with Gasteiger partial charge in [-0.2, -0.15) is 5.10 Å². The van der Waals surface area contributed by atoms with Gasteiger partial charge in [-0.15, -0.1) is 0 Å². The Balaban J connectivity index is 1.73. The van der Waals surface area contributed by atoms with Gasteiger partial charge in [0.25, 0.3) is 0 Å². The molecule has 3 rings (SSSR count). The second kappa shape index (κ2) is 4.48. The van der Waals surface area contributed by atoms with Crippen molar-refractivity contribution >= 4 is 17.0 Å². The van der Waals surface area contributed by atoms with Crippen molar-refractivity contribution in [3.63, 3.8) is 0 Å². The van der Waals surface area contributed by atoms with Crippen LogP contribution in [0.25, 0.3) is 11.0 Å². The predicted molar refractivity (Wildman–Crippen MR) is 69.3 cm³/mol. The van der Waals surface area contributed by atoms with Gasteiger partial charge in [0, 0.05) is 20.0 Å². The Bertz CT molecular complexity index is 640. The van der Waals surface area contributed by atoms with Gasteiger partial charge in [-0.05, 0) is 12.1 Å². The maximum atomic E-state index is 4.54. The third kappa shape index (κ3) is 1.92. The van der Waals surface area contributed by atoms with Crippen LogP contribution >= 0.6 is 0 Å². The first kappa shape index (κ1) is 10.8. The highest BCUT2D eigenvalue weighted by molar-refractivity contribution is 5.78. The summed E-state index contributed by atoms with van der Waals surface area (Å²) >= 11 is 0. The van der Waals surface area contributed by atoms with Gasteiger partial charge in [0.15, 0.2) is 0 Å². The van der Waals surface area contributed by atoms with E-state index < -0.39 is 0 Å². The minimum Gasteiger partial charge on any atom is -0.355 e. The van der Waals surface area contributed by atoms with E-state index in [-0.39, 0.29) is 0 Å². The van der Waals surface area contributed by atoms with Crippen molar-refractivity contribution in [2.75, 3.05) is 11.9 Å². The molecule has 0 aliphatic heterocycles. The average Bonchev–Trinajstić information content (AvgIpc) is 3.00. The number of para-hydroxylation sites is 2. The lowest BCUT2D eigenvalue weighted by molar-refractivity contribution is 0.870. The zero-order valence-electron chi connectivity index (χ0n) is 10.1. The highest BCUT2D eigenvalue weighted by atomic mass is 15.2. The van der Waals surface area contributed by atoms with E-state index in [0.717, 1.165) is 35.8 Å². The first-order chi connectivity index (χ1) is 8.84. The lowest BCUT2D eigenvalue weighted by Gasteiger charge is -2.04. The van der Waals surface area contributed by atoms with Gasteiger partial charge < -0.3 is 9.88 Å². The van der Waals surface area contributed by atoms with Gasteiger partial charge >= 0.3 is 0 Å². The lowest BCUT2D eigenvalue weighted by atomic mass is 10.3. The van der Waals surface area contributed by atoms with Crippen LogP contribution in [0.2, 0.25) is 0 Å². The number of aromatic amines is 1. The molecule has 1 aromatic carbocycles. The molecular formula is C12H14N6. The van der Waals surface area contributed by atoms with Crippen molar-refractivity contribution in [1.82, 2.24) is 24.7 Å². The summed E-state index contributed by atoms with van der Waals surface area (Å²) in [6.45, 7) is 0.770. The van der Waals surface area contributed by atoms with Gasteiger partial charge in [0.2, 0.25) is 5.95 Å². The highest BCUT2D eigenvalue weighted by Gasteiger charge is 2.06. The summed E-state index contributed by atoms with van der Waals surface area (Å²) in [6, 6.07) is 8.08. The van der Waals surface area contributed by atoms with Crippen LogP contribution in [0, 0.1) is 0 Å². The van der Waals surface area contributed by atoms with E-state index >= 15 is 0 Å². The van der Waals surface area contributed by atoms with Gasteiger partial charge in [0.05, 0.1) is 11.0 Å². The highest BCUT2D eigenvalue weighted by Crippen LogP contribution is 2.17. The number of fused-ring (bicyclic) bond motifs is 1. The Morgan fingerprint density at radius 2 is 2.22 bits per heavy atom. The van der Waals surface area contributed by atoms with Crippen LogP contribution in [0.15, 0.2) is 30.6 Å². The molecule has 0 aliphatic rings. The van der Waals surface area contributed by atoms with E-state index in [4.69, 9.17) is 0 Å². The van der Waals surface area contributed by atoms with Crippen LogP contribution in [0.5, 0.6) is 0 Å². The van der Waals surface area contributed by atoms with Crippen molar-refractivity contribution < 1.29 is 0 Å². The van der Waals surface area contributed by atoms with Crippen molar-refractivity contribution in [2.45, 2.75) is 6.42 Å². The maximum Gasteiger partial charge on any atom is 0.203 e. The monoisotopic (exact) mass is 242 g/mol. The molecule has 0 radical (unpaired) electrons. The molecule has 6 heteroatoms. The summed E-state index contributed by atoms with van der Waals surface area (Å²) in [5.74, 6) is 1.75. The van der Waals surface area contributed by atoms with Crippen LogP contribution in [0.4, 0.5) is 5.95 Å². The molecule has 0 saturated heterocycles. The molecule has 6 nitrogen and oxygen atoms in total. The molecule has 92 valence electrons. The summed E-state index contributed by atoms with van der Waals surface area (Å²) in [4.78, 5) is 8.62. The average molecular weight is 242 g/mol. The molecule has 0 amide bonds. The molecule has 2 N–H and O–H groups in total. The van der Waals surface area contributed by atoms with E-state index in [1.807, 2.05) is 25.2 Å². The molecular weight excluding hydrogens is 228 g/mol. The van der Waals surface area contributed by atoms with E-state index in [9.17, 15) is 0 Å². The Labute approximate surface area is 104 Å². The molecule has 0 aliphatic carbocycles. The number of nitrogens with zero attached hydrogens (tertiary/aromatic N) is 4. The van der Waals surface area contributed by atoms with E-state index in [1.54, 1.807) is 0 Å². The third-order valence-electron chi connectivity index (χ3n) is 2.90. The van der Waals surface area contributed by atoms with Crippen LogP contribution in [-0.2, 0) is 13.5 Å². The van der Waals surface area contributed by atoms with Crippen molar-refractivity contribution in [1.29, 1.82) is 0 Å². The fourth-order valence-corrected chi connectivity index (χ4v) is 1.95. The fraction of sp³-hybridized carbons (Fsp3) is 0.250. The smallest absolute Gasteiger partial charge is 0.203 e. The summed E-state index contributed by atoms with van der Waals surface area (Å²) in [6.07, 6.45) is 2.31. The molecule has 0 unspecified atom stereocenters. The van der Waals surface area contributed by atoms with E-state index in [1.165, 1.54) is 6.33 Å². The first-order valence-electron chi connectivity index (χ1n) is 5.84. The molecule has 2 heterocycles. The minimum atomic E-state index is 0.770. The fourth-order valence-electron chi connectivity index (χ4n) is 1.95. The van der Waals surface area contributed by atoms with Crippen molar-refractivity contribution in [3.05, 3.63) is 36.4 Å².